The fourth-order valence-corrected chi connectivity index (χ4v) is 3.97. The highest BCUT2D eigenvalue weighted by atomic mass is 16.2. The third-order valence-electron chi connectivity index (χ3n) is 5.81. The molecule has 0 saturated carbocycles. The van der Waals surface area contributed by atoms with Crippen LogP contribution in [0.3, 0.4) is 0 Å². The second-order valence-electron chi connectivity index (χ2n) is 8.83. The van der Waals surface area contributed by atoms with Crippen LogP contribution in [0.5, 0.6) is 0 Å². The molecule has 1 aliphatic heterocycles. The molecule has 2 aromatic carbocycles. The van der Waals surface area contributed by atoms with Crippen LogP contribution >= 0.6 is 0 Å². The molecule has 1 N–H and O–H groups in total. The van der Waals surface area contributed by atoms with Crippen molar-refractivity contribution in [3.8, 4) is 0 Å². The lowest BCUT2D eigenvalue weighted by Gasteiger charge is -2.20. The quantitative estimate of drug-likeness (QED) is 0.674. The molecule has 4 nitrogen and oxygen atoms in total. The second-order valence-corrected chi connectivity index (χ2v) is 8.83. The van der Waals surface area contributed by atoms with E-state index in [1.54, 1.807) is 0 Å². The van der Waals surface area contributed by atoms with Gasteiger partial charge in [0.15, 0.2) is 0 Å². The third-order valence-corrected chi connectivity index (χ3v) is 5.81. The number of hydrogen-bond acceptors (Lipinski definition) is 2. The van der Waals surface area contributed by atoms with Gasteiger partial charge in [-0.15, -0.1) is 0 Å². The van der Waals surface area contributed by atoms with Gasteiger partial charge in [-0.25, -0.2) is 0 Å². The average Bonchev–Trinajstić information content (AvgIpc) is 3.03. The number of nitrogens with zero attached hydrogens (tertiary/aromatic N) is 1. The van der Waals surface area contributed by atoms with Crippen molar-refractivity contribution in [2.45, 2.75) is 58.8 Å². The molecule has 0 bridgehead atoms. The minimum atomic E-state index is -0.239. The molecule has 1 unspecified atom stereocenters. The highest BCUT2D eigenvalue weighted by Gasteiger charge is 2.18. The molecular formula is C26H34N2O2. The predicted molar refractivity (Wildman–Crippen MR) is 123 cm³/mol. The van der Waals surface area contributed by atoms with E-state index in [0.717, 1.165) is 43.6 Å². The lowest BCUT2D eigenvalue weighted by molar-refractivity contribution is -0.117. The van der Waals surface area contributed by atoms with Gasteiger partial charge in [0.05, 0.1) is 5.92 Å². The van der Waals surface area contributed by atoms with Crippen LogP contribution in [0.15, 0.2) is 48.5 Å². The fraction of sp³-hybridized carbons (Fsp3) is 0.462. The van der Waals surface area contributed by atoms with Crippen LogP contribution in [0.2, 0.25) is 0 Å². The summed E-state index contributed by atoms with van der Waals surface area (Å²) in [7, 11) is 0. The van der Waals surface area contributed by atoms with Crippen LogP contribution in [0.4, 0.5) is 5.69 Å². The van der Waals surface area contributed by atoms with Crippen LogP contribution in [0.1, 0.15) is 73.9 Å². The van der Waals surface area contributed by atoms with Crippen molar-refractivity contribution in [3.63, 3.8) is 0 Å². The Morgan fingerprint density at radius 1 is 0.867 bits per heavy atom. The lowest BCUT2D eigenvalue weighted by atomic mass is 9.96. The number of amides is 2. The van der Waals surface area contributed by atoms with Crippen LogP contribution in [-0.2, 0) is 11.2 Å². The molecule has 2 amide bonds. The van der Waals surface area contributed by atoms with Crippen LogP contribution in [-0.4, -0.2) is 29.8 Å². The van der Waals surface area contributed by atoms with E-state index in [0.29, 0.717) is 11.5 Å². The molecular weight excluding hydrogens is 372 g/mol. The Hall–Kier alpha value is -2.62. The van der Waals surface area contributed by atoms with Gasteiger partial charge < -0.3 is 10.2 Å². The van der Waals surface area contributed by atoms with Gasteiger partial charge in [-0.1, -0.05) is 51.0 Å². The van der Waals surface area contributed by atoms with E-state index in [1.165, 1.54) is 18.4 Å². The molecule has 160 valence electrons. The lowest BCUT2D eigenvalue weighted by Crippen LogP contribution is -2.31. The first-order chi connectivity index (χ1) is 14.4. The molecule has 1 heterocycles. The van der Waals surface area contributed by atoms with E-state index in [1.807, 2.05) is 48.2 Å². The molecule has 0 aromatic heterocycles. The number of anilines is 1. The van der Waals surface area contributed by atoms with Gasteiger partial charge in [0.2, 0.25) is 5.91 Å². The zero-order valence-electron chi connectivity index (χ0n) is 18.5. The first-order valence-corrected chi connectivity index (χ1v) is 11.2. The van der Waals surface area contributed by atoms with Gasteiger partial charge in [-0.3, -0.25) is 9.59 Å². The number of hydrogen-bond donors (Lipinski definition) is 1. The molecule has 0 aliphatic carbocycles. The maximum atomic E-state index is 12.7. The SMILES string of the molecule is CC(C)Cc1ccc(C(C)C(=O)Nc2ccc(C(=O)N3CCCCCC3)cc2)cc1. The summed E-state index contributed by atoms with van der Waals surface area (Å²) in [6.07, 6.45) is 5.61. The van der Waals surface area contributed by atoms with Gasteiger partial charge in [-0.05, 0) is 67.5 Å². The van der Waals surface area contributed by atoms with E-state index in [-0.39, 0.29) is 17.7 Å². The van der Waals surface area contributed by atoms with E-state index in [2.05, 4.69) is 31.3 Å². The molecule has 2 aromatic rings. The largest absolute Gasteiger partial charge is 0.339 e. The van der Waals surface area contributed by atoms with Crippen molar-refractivity contribution < 1.29 is 9.59 Å². The van der Waals surface area contributed by atoms with Crippen molar-refractivity contribution in [2.24, 2.45) is 5.92 Å². The minimum Gasteiger partial charge on any atom is -0.339 e. The first-order valence-electron chi connectivity index (χ1n) is 11.2. The number of carbonyl (C=O) groups is 2. The van der Waals surface area contributed by atoms with Gasteiger partial charge in [-0.2, -0.15) is 0 Å². The fourth-order valence-electron chi connectivity index (χ4n) is 3.97. The zero-order chi connectivity index (χ0) is 21.5. The Morgan fingerprint density at radius 3 is 2.03 bits per heavy atom. The number of nitrogens with one attached hydrogen (secondary N) is 1. The molecule has 0 radical (unpaired) electrons. The molecule has 30 heavy (non-hydrogen) atoms. The summed E-state index contributed by atoms with van der Waals surface area (Å²) in [6, 6.07) is 15.6. The molecule has 1 atom stereocenters. The molecule has 4 heteroatoms. The third kappa shape index (κ3) is 5.94. The van der Waals surface area contributed by atoms with Crippen LogP contribution < -0.4 is 5.32 Å². The average molecular weight is 407 g/mol. The standard InChI is InChI=1S/C26H34N2O2/c1-19(2)18-21-8-10-22(11-9-21)20(3)25(29)27-24-14-12-23(13-15-24)26(30)28-16-6-4-5-7-17-28/h8-15,19-20H,4-7,16-18H2,1-3H3,(H,27,29). The van der Waals surface area contributed by atoms with E-state index in [4.69, 9.17) is 0 Å². The summed E-state index contributed by atoms with van der Waals surface area (Å²) < 4.78 is 0. The van der Waals surface area contributed by atoms with Gasteiger partial charge in [0.25, 0.3) is 5.91 Å². The maximum absolute atomic E-state index is 12.7. The highest BCUT2D eigenvalue weighted by molar-refractivity contribution is 5.97. The predicted octanol–water partition coefficient (Wildman–Crippen LogP) is 5.64. The highest BCUT2D eigenvalue weighted by Crippen LogP contribution is 2.21. The van der Waals surface area contributed by atoms with Crippen LogP contribution in [0, 0.1) is 5.92 Å². The Bertz CT molecular complexity index is 832. The zero-order valence-corrected chi connectivity index (χ0v) is 18.5. The van der Waals surface area contributed by atoms with Crippen LogP contribution in [0.25, 0.3) is 0 Å². The van der Waals surface area contributed by atoms with E-state index < -0.39 is 0 Å². The molecule has 0 spiro atoms. The Kier molecular flexibility index (Phi) is 7.67. The number of carbonyl (C=O) groups excluding carboxylic acids is 2. The van der Waals surface area contributed by atoms with Crippen molar-refractivity contribution in [2.75, 3.05) is 18.4 Å². The molecule has 1 saturated heterocycles. The molecule has 3 rings (SSSR count). The maximum Gasteiger partial charge on any atom is 0.253 e. The first kappa shape index (κ1) is 22.1. The summed E-state index contributed by atoms with van der Waals surface area (Å²) in [6.45, 7) is 8.01. The summed E-state index contributed by atoms with van der Waals surface area (Å²) >= 11 is 0. The molecule has 1 fully saturated rings. The smallest absolute Gasteiger partial charge is 0.253 e. The van der Waals surface area contributed by atoms with Crippen molar-refractivity contribution in [1.82, 2.24) is 4.90 Å². The number of likely N-dealkylation sites (tertiary alicyclic amines) is 1. The normalized spacial score (nSPS) is 15.5. The van der Waals surface area contributed by atoms with E-state index >= 15 is 0 Å². The summed E-state index contributed by atoms with van der Waals surface area (Å²) in [5, 5.41) is 2.98. The van der Waals surface area contributed by atoms with E-state index in [9.17, 15) is 9.59 Å². The Labute approximate surface area is 180 Å². The molecule has 1 aliphatic rings. The second kappa shape index (κ2) is 10.4. The summed E-state index contributed by atoms with van der Waals surface area (Å²) in [5.74, 6) is 0.421. The monoisotopic (exact) mass is 406 g/mol. The number of rotatable bonds is 6. The van der Waals surface area contributed by atoms with Crippen molar-refractivity contribution >= 4 is 17.5 Å². The number of benzene rings is 2. The van der Waals surface area contributed by atoms with Crippen molar-refractivity contribution in [3.05, 3.63) is 65.2 Å². The summed E-state index contributed by atoms with van der Waals surface area (Å²) in [4.78, 5) is 27.4. The van der Waals surface area contributed by atoms with Gasteiger partial charge in [0.1, 0.15) is 0 Å². The summed E-state index contributed by atoms with van der Waals surface area (Å²) in [5.41, 5.74) is 3.71. The van der Waals surface area contributed by atoms with Gasteiger partial charge in [0, 0.05) is 24.3 Å². The minimum absolute atomic E-state index is 0.0433. The van der Waals surface area contributed by atoms with Crippen molar-refractivity contribution in [1.29, 1.82) is 0 Å². The topological polar surface area (TPSA) is 49.4 Å². The Balaban J connectivity index is 1.59. The Morgan fingerprint density at radius 2 is 1.47 bits per heavy atom. The van der Waals surface area contributed by atoms with Gasteiger partial charge >= 0.3 is 0 Å².